The van der Waals surface area contributed by atoms with E-state index in [0.717, 1.165) is 5.56 Å². The van der Waals surface area contributed by atoms with Crippen LogP contribution in [0.2, 0.25) is 0 Å². The van der Waals surface area contributed by atoms with Gasteiger partial charge >= 0.3 is 6.03 Å². The first-order valence-corrected chi connectivity index (χ1v) is 7.96. The van der Waals surface area contributed by atoms with Gasteiger partial charge in [0.15, 0.2) is 0 Å². The number of nitrogens with one attached hydrogen (secondary N) is 4. The van der Waals surface area contributed by atoms with Crippen molar-refractivity contribution in [2.24, 2.45) is 0 Å². The second kappa shape index (κ2) is 7.55. The molecule has 0 bridgehead atoms. The van der Waals surface area contributed by atoms with Crippen LogP contribution in [0.4, 0.5) is 4.79 Å². The maximum absolute atomic E-state index is 11.9. The Bertz CT molecular complexity index is 705. The summed E-state index contributed by atoms with van der Waals surface area (Å²) < 4.78 is 23.7. The Balaban J connectivity index is 1.76. The molecule has 0 unspecified atom stereocenters. The molecule has 4 N–H and O–H groups in total. The summed E-state index contributed by atoms with van der Waals surface area (Å²) in [4.78, 5) is 13.6. The monoisotopic (exact) mass is 320 g/mol. The smallest absolute Gasteiger partial charge is 0.272 e. The molecule has 0 radical (unpaired) electrons. The summed E-state index contributed by atoms with van der Waals surface area (Å²) in [5, 5.41) is 0. The van der Waals surface area contributed by atoms with Gasteiger partial charge in [-0.05, 0) is 17.7 Å². The number of amides is 2. The van der Waals surface area contributed by atoms with E-state index in [1.165, 1.54) is 12.1 Å². The normalized spacial score (nSPS) is 10.9. The molecular formula is C14H16N4O3S. The van der Waals surface area contributed by atoms with Crippen molar-refractivity contribution in [2.45, 2.75) is 11.4 Å². The van der Waals surface area contributed by atoms with Crippen molar-refractivity contribution in [1.29, 1.82) is 0 Å². The number of hydrogen-bond donors (Lipinski definition) is 4. The Kier molecular flexibility index (Phi) is 5.48. The number of urea groups is 1. The van der Waals surface area contributed by atoms with Crippen molar-refractivity contribution in [3.05, 3.63) is 66.2 Å². The fraction of sp³-hybridized carbons (Fsp3) is 0.0714. The number of benzene rings is 2. The maximum atomic E-state index is 11.9. The van der Waals surface area contributed by atoms with Gasteiger partial charge in [0.25, 0.3) is 10.0 Å². The fourth-order valence-corrected chi connectivity index (χ4v) is 2.49. The second-order valence-corrected chi connectivity index (χ2v) is 6.02. The van der Waals surface area contributed by atoms with Crippen LogP contribution < -0.4 is 21.1 Å². The van der Waals surface area contributed by atoms with Crippen molar-refractivity contribution in [1.82, 2.24) is 21.1 Å². The molecule has 0 saturated heterocycles. The molecule has 0 atom stereocenters. The zero-order valence-electron chi connectivity index (χ0n) is 11.6. The van der Waals surface area contributed by atoms with Gasteiger partial charge in [0.05, 0.1) is 4.90 Å². The van der Waals surface area contributed by atoms with E-state index in [4.69, 9.17) is 0 Å². The summed E-state index contributed by atoms with van der Waals surface area (Å²) in [6.07, 6.45) is 0. The highest BCUT2D eigenvalue weighted by Crippen LogP contribution is 2.05. The zero-order valence-corrected chi connectivity index (χ0v) is 12.4. The number of carbonyl (C=O) groups is 1. The lowest BCUT2D eigenvalue weighted by atomic mass is 10.2. The Morgan fingerprint density at radius 3 is 2.09 bits per heavy atom. The summed E-state index contributed by atoms with van der Waals surface area (Å²) >= 11 is 0. The quantitative estimate of drug-likeness (QED) is 0.594. The largest absolute Gasteiger partial charge is 0.344 e. The van der Waals surface area contributed by atoms with Gasteiger partial charge in [-0.1, -0.05) is 48.5 Å². The molecule has 2 aromatic rings. The summed E-state index contributed by atoms with van der Waals surface area (Å²) in [5.74, 6) is 0. The van der Waals surface area contributed by atoms with E-state index in [1.807, 2.05) is 35.2 Å². The van der Waals surface area contributed by atoms with Gasteiger partial charge in [0, 0.05) is 6.54 Å². The first-order chi connectivity index (χ1) is 10.6. The van der Waals surface area contributed by atoms with Crippen LogP contribution in [0.5, 0.6) is 0 Å². The Labute approximate surface area is 128 Å². The maximum Gasteiger partial charge on any atom is 0.344 e. The summed E-state index contributed by atoms with van der Waals surface area (Å²) in [5.41, 5.74) is 8.05. The average Bonchev–Trinajstić information content (AvgIpc) is 2.55. The Hall–Kier alpha value is -2.42. The molecular weight excluding hydrogens is 304 g/mol. The molecule has 116 valence electrons. The Morgan fingerprint density at radius 2 is 1.45 bits per heavy atom. The third-order valence-electron chi connectivity index (χ3n) is 2.69. The predicted octanol–water partition coefficient (Wildman–Crippen LogP) is 0.884. The molecule has 0 fully saturated rings. The van der Waals surface area contributed by atoms with Gasteiger partial charge in [-0.2, -0.15) is 0 Å². The van der Waals surface area contributed by atoms with E-state index in [-0.39, 0.29) is 4.90 Å². The van der Waals surface area contributed by atoms with Gasteiger partial charge in [-0.25, -0.2) is 18.6 Å². The van der Waals surface area contributed by atoms with Crippen LogP contribution in [0.15, 0.2) is 65.6 Å². The summed E-state index contributed by atoms with van der Waals surface area (Å²) in [6.45, 7) is 0.416. The lowest BCUT2D eigenvalue weighted by Crippen LogP contribution is -2.50. The highest BCUT2D eigenvalue weighted by Gasteiger charge is 2.13. The zero-order chi connectivity index (χ0) is 15.8. The van der Waals surface area contributed by atoms with Crippen molar-refractivity contribution < 1.29 is 13.2 Å². The fourth-order valence-electron chi connectivity index (χ4n) is 1.63. The van der Waals surface area contributed by atoms with Crippen LogP contribution in [0.25, 0.3) is 0 Å². The van der Waals surface area contributed by atoms with Crippen molar-refractivity contribution in [3.63, 3.8) is 0 Å². The number of carbonyl (C=O) groups excluding carboxylic acids is 1. The minimum absolute atomic E-state index is 0.0625. The number of rotatable bonds is 6. The minimum atomic E-state index is -3.78. The van der Waals surface area contributed by atoms with Crippen LogP contribution in [0.3, 0.4) is 0 Å². The molecule has 0 saturated carbocycles. The third kappa shape index (κ3) is 4.85. The number of sulfonamides is 1. The van der Waals surface area contributed by atoms with Crippen LogP contribution in [0.1, 0.15) is 5.56 Å². The Morgan fingerprint density at radius 1 is 0.864 bits per heavy atom. The lowest BCUT2D eigenvalue weighted by Gasteiger charge is -2.10. The van der Waals surface area contributed by atoms with Crippen LogP contribution in [-0.2, 0) is 16.6 Å². The molecule has 2 aromatic carbocycles. The molecule has 0 heterocycles. The van der Waals surface area contributed by atoms with Gasteiger partial charge in [-0.3, -0.25) is 10.9 Å². The van der Waals surface area contributed by atoms with Gasteiger partial charge in [-0.15, -0.1) is 4.83 Å². The molecule has 0 aliphatic rings. The number of hydrogen-bond acceptors (Lipinski definition) is 4. The van der Waals surface area contributed by atoms with Gasteiger partial charge in [0.1, 0.15) is 0 Å². The van der Waals surface area contributed by atoms with Crippen LogP contribution in [0, 0.1) is 0 Å². The van der Waals surface area contributed by atoms with E-state index in [9.17, 15) is 13.2 Å². The molecule has 0 aliphatic carbocycles. The SMILES string of the molecule is O=C(NNCc1ccccc1)NNS(=O)(=O)c1ccccc1. The highest BCUT2D eigenvalue weighted by atomic mass is 32.2. The van der Waals surface area contributed by atoms with Crippen molar-refractivity contribution in [2.75, 3.05) is 0 Å². The number of hydrazine groups is 2. The first kappa shape index (κ1) is 16.0. The van der Waals surface area contributed by atoms with E-state index >= 15 is 0 Å². The molecule has 0 aromatic heterocycles. The molecule has 2 amide bonds. The highest BCUT2D eigenvalue weighted by molar-refractivity contribution is 7.89. The average molecular weight is 320 g/mol. The van der Waals surface area contributed by atoms with Gasteiger partial charge in [0.2, 0.25) is 0 Å². The molecule has 7 nitrogen and oxygen atoms in total. The topological polar surface area (TPSA) is 99.3 Å². The van der Waals surface area contributed by atoms with E-state index in [0.29, 0.717) is 6.54 Å². The third-order valence-corrected chi connectivity index (χ3v) is 3.95. The van der Waals surface area contributed by atoms with Crippen molar-refractivity contribution in [3.8, 4) is 0 Å². The van der Waals surface area contributed by atoms with E-state index < -0.39 is 16.1 Å². The second-order valence-electron chi connectivity index (χ2n) is 4.34. The standard InChI is InChI=1S/C14H16N4O3S/c19-14(16-15-11-12-7-3-1-4-8-12)17-18-22(20,21)13-9-5-2-6-10-13/h1-10,15,18H,11H2,(H2,16,17,19). The van der Waals surface area contributed by atoms with Crippen LogP contribution in [-0.4, -0.2) is 14.4 Å². The van der Waals surface area contributed by atoms with E-state index in [1.54, 1.807) is 18.2 Å². The predicted molar refractivity (Wildman–Crippen MR) is 81.7 cm³/mol. The van der Waals surface area contributed by atoms with E-state index in [2.05, 4.69) is 16.3 Å². The molecule has 2 rings (SSSR count). The molecule has 0 spiro atoms. The molecule has 8 heteroatoms. The lowest BCUT2D eigenvalue weighted by molar-refractivity contribution is 0.234. The van der Waals surface area contributed by atoms with Gasteiger partial charge < -0.3 is 0 Å². The summed E-state index contributed by atoms with van der Waals surface area (Å²) in [7, 11) is -3.78. The molecule has 0 aliphatic heterocycles. The first-order valence-electron chi connectivity index (χ1n) is 6.47. The molecule has 22 heavy (non-hydrogen) atoms. The van der Waals surface area contributed by atoms with Crippen molar-refractivity contribution >= 4 is 16.1 Å². The minimum Gasteiger partial charge on any atom is -0.272 e. The summed E-state index contributed by atoms with van der Waals surface area (Å²) in [6, 6.07) is 16.5. The van der Waals surface area contributed by atoms with Crippen LogP contribution >= 0.6 is 0 Å².